The van der Waals surface area contributed by atoms with Crippen LogP contribution in [-0.4, -0.2) is 31.4 Å². The standard InChI is InChI=1S/C17H21N5OS/c1-17(2,3)22-9-12(8-18-22)19-16(23)11-24-10-15-20-13-6-4-5-7-14(13)21-15/h4-9H,10-11H2,1-3H3,(H,19,23)(H,20,21). The van der Waals surface area contributed by atoms with Crippen LogP contribution in [0, 0.1) is 0 Å². The van der Waals surface area contributed by atoms with E-state index in [1.807, 2.05) is 35.1 Å². The third-order valence-corrected chi connectivity index (χ3v) is 4.41. The molecular formula is C17H21N5OS. The number of imidazole rings is 1. The number of nitrogens with zero attached hydrogens (tertiary/aromatic N) is 3. The summed E-state index contributed by atoms with van der Waals surface area (Å²) in [4.78, 5) is 19.8. The molecule has 0 aliphatic heterocycles. The summed E-state index contributed by atoms with van der Waals surface area (Å²) in [5, 5.41) is 7.15. The Morgan fingerprint density at radius 2 is 2.12 bits per heavy atom. The number of fused-ring (bicyclic) bond motifs is 1. The first-order valence-corrected chi connectivity index (χ1v) is 8.94. The van der Waals surface area contributed by atoms with Crippen molar-refractivity contribution in [2.45, 2.75) is 32.1 Å². The third-order valence-electron chi connectivity index (χ3n) is 3.46. The van der Waals surface area contributed by atoms with Crippen LogP contribution < -0.4 is 5.32 Å². The molecule has 3 rings (SSSR count). The van der Waals surface area contributed by atoms with Crippen molar-refractivity contribution in [2.24, 2.45) is 0 Å². The number of benzene rings is 1. The van der Waals surface area contributed by atoms with Crippen LogP contribution in [0.5, 0.6) is 0 Å². The molecule has 0 saturated heterocycles. The number of carbonyl (C=O) groups excluding carboxylic acids is 1. The van der Waals surface area contributed by atoms with E-state index < -0.39 is 0 Å². The molecule has 0 spiro atoms. The molecule has 0 aliphatic carbocycles. The normalized spacial score (nSPS) is 11.8. The molecule has 7 heteroatoms. The van der Waals surface area contributed by atoms with Gasteiger partial charge in [-0.05, 0) is 32.9 Å². The van der Waals surface area contributed by atoms with Gasteiger partial charge in [-0.3, -0.25) is 9.48 Å². The van der Waals surface area contributed by atoms with Gasteiger partial charge in [0.15, 0.2) is 0 Å². The summed E-state index contributed by atoms with van der Waals surface area (Å²) in [5.41, 5.74) is 2.59. The third kappa shape index (κ3) is 3.97. The number of thioether (sulfide) groups is 1. The van der Waals surface area contributed by atoms with Crippen molar-refractivity contribution in [1.82, 2.24) is 19.7 Å². The Balaban J connectivity index is 1.49. The smallest absolute Gasteiger partial charge is 0.234 e. The first-order chi connectivity index (χ1) is 11.4. The molecule has 126 valence electrons. The fourth-order valence-corrected chi connectivity index (χ4v) is 2.96. The Kier molecular flexibility index (Phi) is 4.62. The maximum absolute atomic E-state index is 12.0. The summed E-state index contributed by atoms with van der Waals surface area (Å²) in [7, 11) is 0. The fraction of sp³-hybridized carbons (Fsp3) is 0.353. The molecule has 0 saturated carbocycles. The number of carbonyl (C=O) groups is 1. The van der Waals surface area contributed by atoms with Crippen molar-refractivity contribution in [1.29, 1.82) is 0 Å². The van der Waals surface area contributed by atoms with Crippen molar-refractivity contribution in [2.75, 3.05) is 11.1 Å². The Morgan fingerprint density at radius 3 is 2.83 bits per heavy atom. The highest BCUT2D eigenvalue weighted by atomic mass is 32.2. The fourth-order valence-electron chi connectivity index (χ4n) is 2.27. The van der Waals surface area contributed by atoms with Crippen molar-refractivity contribution in [3.05, 3.63) is 42.5 Å². The lowest BCUT2D eigenvalue weighted by Crippen LogP contribution is -2.22. The van der Waals surface area contributed by atoms with Crippen LogP contribution in [-0.2, 0) is 16.1 Å². The summed E-state index contributed by atoms with van der Waals surface area (Å²) >= 11 is 1.53. The highest BCUT2D eigenvalue weighted by molar-refractivity contribution is 7.99. The van der Waals surface area contributed by atoms with E-state index in [2.05, 4.69) is 41.2 Å². The lowest BCUT2D eigenvalue weighted by Gasteiger charge is -2.18. The molecule has 0 radical (unpaired) electrons. The second kappa shape index (κ2) is 6.68. The molecule has 0 fully saturated rings. The zero-order chi connectivity index (χ0) is 17.2. The van der Waals surface area contributed by atoms with Gasteiger partial charge in [0, 0.05) is 6.20 Å². The van der Waals surface area contributed by atoms with Gasteiger partial charge in [-0.1, -0.05) is 12.1 Å². The number of rotatable bonds is 5. The molecule has 2 heterocycles. The van der Waals surface area contributed by atoms with Gasteiger partial charge >= 0.3 is 0 Å². The van der Waals surface area contributed by atoms with E-state index in [9.17, 15) is 4.79 Å². The average Bonchev–Trinajstić information content (AvgIpc) is 3.12. The molecule has 2 N–H and O–H groups in total. The minimum Gasteiger partial charge on any atom is -0.341 e. The summed E-state index contributed by atoms with van der Waals surface area (Å²) in [5.74, 6) is 1.89. The summed E-state index contributed by atoms with van der Waals surface area (Å²) in [6.07, 6.45) is 3.52. The van der Waals surface area contributed by atoms with Crippen LogP contribution in [0.3, 0.4) is 0 Å². The Hall–Kier alpha value is -2.28. The number of H-pyrrole nitrogens is 1. The molecule has 2 aromatic heterocycles. The van der Waals surface area contributed by atoms with Gasteiger partial charge in [-0.15, -0.1) is 11.8 Å². The minimum atomic E-state index is -0.0982. The van der Waals surface area contributed by atoms with Crippen LogP contribution in [0.2, 0.25) is 0 Å². The molecule has 0 atom stereocenters. The first kappa shape index (κ1) is 16.6. The molecule has 1 aromatic carbocycles. The molecule has 0 aliphatic rings. The Bertz CT molecular complexity index is 813. The van der Waals surface area contributed by atoms with E-state index >= 15 is 0 Å². The van der Waals surface area contributed by atoms with Crippen molar-refractivity contribution >= 4 is 34.4 Å². The van der Waals surface area contributed by atoms with Crippen LogP contribution in [0.15, 0.2) is 36.7 Å². The van der Waals surface area contributed by atoms with Crippen molar-refractivity contribution < 1.29 is 4.79 Å². The van der Waals surface area contributed by atoms with Crippen LogP contribution >= 0.6 is 11.8 Å². The number of hydrogen-bond acceptors (Lipinski definition) is 4. The number of para-hydroxylation sites is 2. The highest BCUT2D eigenvalue weighted by Crippen LogP contribution is 2.17. The summed E-state index contributed by atoms with van der Waals surface area (Å²) < 4.78 is 1.84. The van der Waals surface area contributed by atoms with Crippen LogP contribution in [0.4, 0.5) is 5.69 Å². The Morgan fingerprint density at radius 1 is 1.33 bits per heavy atom. The van der Waals surface area contributed by atoms with Gasteiger partial charge in [0.2, 0.25) is 5.91 Å². The van der Waals surface area contributed by atoms with Gasteiger partial charge in [-0.2, -0.15) is 5.10 Å². The maximum atomic E-state index is 12.0. The lowest BCUT2D eigenvalue weighted by molar-refractivity contribution is -0.113. The van der Waals surface area contributed by atoms with Crippen LogP contribution in [0.25, 0.3) is 11.0 Å². The quantitative estimate of drug-likeness (QED) is 0.744. The van der Waals surface area contributed by atoms with Crippen molar-refractivity contribution in [3.8, 4) is 0 Å². The predicted octanol–water partition coefficient (Wildman–Crippen LogP) is 3.39. The van der Waals surface area contributed by atoms with E-state index in [0.717, 1.165) is 22.5 Å². The zero-order valence-corrected chi connectivity index (χ0v) is 14.9. The van der Waals surface area contributed by atoms with Gasteiger partial charge in [0.25, 0.3) is 0 Å². The summed E-state index contributed by atoms with van der Waals surface area (Å²) in [6, 6.07) is 7.91. The average molecular weight is 343 g/mol. The van der Waals surface area contributed by atoms with Crippen molar-refractivity contribution in [3.63, 3.8) is 0 Å². The topological polar surface area (TPSA) is 75.6 Å². The minimum absolute atomic E-state index is 0.0374. The van der Waals surface area contributed by atoms with E-state index in [-0.39, 0.29) is 11.4 Å². The zero-order valence-electron chi connectivity index (χ0n) is 14.0. The number of hydrogen-bond donors (Lipinski definition) is 2. The van der Waals surface area contributed by atoms with Gasteiger partial charge in [0.1, 0.15) is 5.82 Å². The maximum Gasteiger partial charge on any atom is 0.234 e. The second-order valence-electron chi connectivity index (χ2n) is 6.59. The molecular weight excluding hydrogens is 322 g/mol. The van der Waals surface area contributed by atoms with E-state index in [0.29, 0.717) is 11.5 Å². The molecule has 24 heavy (non-hydrogen) atoms. The van der Waals surface area contributed by atoms with Crippen LogP contribution in [0.1, 0.15) is 26.6 Å². The predicted molar refractivity (Wildman–Crippen MR) is 98.1 cm³/mol. The summed E-state index contributed by atoms with van der Waals surface area (Å²) in [6.45, 7) is 6.19. The molecule has 1 amide bonds. The number of amides is 1. The van der Waals surface area contributed by atoms with E-state index in [1.54, 1.807) is 6.20 Å². The first-order valence-electron chi connectivity index (χ1n) is 7.78. The number of anilines is 1. The molecule has 3 aromatic rings. The number of nitrogens with one attached hydrogen (secondary N) is 2. The highest BCUT2D eigenvalue weighted by Gasteiger charge is 2.14. The van der Waals surface area contributed by atoms with E-state index in [4.69, 9.17) is 0 Å². The molecule has 0 unspecified atom stereocenters. The largest absolute Gasteiger partial charge is 0.341 e. The molecule has 0 bridgehead atoms. The Labute approximate surface area is 145 Å². The second-order valence-corrected chi connectivity index (χ2v) is 7.57. The molecule has 6 nitrogen and oxygen atoms in total. The SMILES string of the molecule is CC(C)(C)n1cc(NC(=O)CSCc2nc3ccccc3[nH]2)cn1. The number of aromatic amines is 1. The lowest BCUT2D eigenvalue weighted by atomic mass is 10.1. The number of aromatic nitrogens is 4. The van der Waals surface area contributed by atoms with Gasteiger partial charge in [0.05, 0.1) is 40.0 Å². The monoisotopic (exact) mass is 343 g/mol. The van der Waals surface area contributed by atoms with Gasteiger partial charge in [-0.25, -0.2) is 4.98 Å². The van der Waals surface area contributed by atoms with E-state index in [1.165, 1.54) is 11.8 Å². The van der Waals surface area contributed by atoms with Gasteiger partial charge < -0.3 is 10.3 Å².